The van der Waals surface area contributed by atoms with Gasteiger partial charge < -0.3 is 9.47 Å². The number of rotatable bonds is 8. The second-order valence-electron chi connectivity index (χ2n) is 8.81. The molecule has 160 valence electrons. The van der Waals surface area contributed by atoms with Gasteiger partial charge in [-0.05, 0) is 29.7 Å². The first-order valence-electron chi connectivity index (χ1n) is 10.1. The summed E-state index contributed by atoms with van der Waals surface area (Å²) in [5.41, 5.74) is 1.27. The van der Waals surface area contributed by atoms with Crippen molar-refractivity contribution >= 4 is 28.5 Å². The molecule has 0 aliphatic heterocycles. The van der Waals surface area contributed by atoms with Gasteiger partial charge in [0.25, 0.3) is 0 Å². The van der Waals surface area contributed by atoms with E-state index in [4.69, 9.17) is 9.47 Å². The molecule has 2 bridgehead atoms. The maximum absolute atomic E-state index is 13.8. The number of carbonyl (C=O) groups excluding carboxylic acids is 1. The van der Waals surface area contributed by atoms with E-state index < -0.39 is 16.8 Å². The van der Waals surface area contributed by atoms with Crippen LogP contribution in [0, 0.1) is 16.7 Å². The summed E-state index contributed by atoms with van der Waals surface area (Å²) < 4.78 is 24.5. The predicted octanol–water partition coefficient (Wildman–Crippen LogP) is 4.57. The van der Waals surface area contributed by atoms with Crippen LogP contribution in [0.5, 0.6) is 0 Å². The molecule has 2 saturated carbocycles. The quantitative estimate of drug-likeness (QED) is 0.441. The van der Waals surface area contributed by atoms with E-state index in [2.05, 4.69) is 32.9 Å². The Kier molecular flexibility index (Phi) is 6.96. The Morgan fingerprint density at radius 1 is 1.24 bits per heavy atom. The van der Waals surface area contributed by atoms with Crippen LogP contribution < -0.4 is 0 Å². The molecule has 0 heterocycles. The lowest BCUT2D eigenvalue weighted by molar-refractivity contribution is -0.134. The van der Waals surface area contributed by atoms with E-state index in [1.807, 2.05) is 18.2 Å². The van der Waals surface area contributed by atoms with Gasteiger partial charge in [-0.25, -0.2) is 4.79 Å². The van der Waals surface area contributed by atoms with Crippen molar-refractivity contribution in [2.75, 3.05) is 20.0 Å². The smallest absolute Gasteiger partial charge is 0.331 e. The van der Waals surface area contributed by atoms with E-state index in [1.165, 1.54) is 18.7 Å². The number of thioether (sulfide) groups is 1. The minimum Gasteiger partial charge on any atom is -0.466 e. The van der Waals surface area contributed by atoms with Gasteiger partial charge in [-0.2, -0.15) is 11.8 Å². The Labute approximate surface area is 181 Å². The highest BCUT2D eigenvalue weighted by atomic mass is 32.2. The summed E-state index contributed by atoms with van der Waals surface area (Å²) >= 11 is 1.67. The summed E-state index contributed by atoms with van der Waals surface area (Å²) in [5.74, 6) is 1.21. The molecule has 2 unspecified atom stereocenters. The van der Waals surface area contributed by atoms with E-state index >= 15 is 0 Å². The third-order valence-electron chi connectivity index (χ3n) is 7.29. The van der Waals surface area contributed by atoms with Gasteiger partial charge in [0.2, 0.25) is 0 Å². The Hall–Kier alpha value is -1.11. The average molecular weight is 437 g/mol. The van der Waals surface area contributed by atoms with E-state index in [1.54, 1.807) is 18.9 Å². The lowest BCUT2D eigenvalue weighted by Gasteiger charge is -2.39. The van der Waals surface area contributed by atoms with Crippen LogP contribution in [0.4, 0.5) is 0 Å². The van der Waals surface area contributed by atoms with Crippen LogP contribution in [0.25, 0.3) is 0 Å². The molecule has 5 atom stereocenters. The second-order valence-corrected chi connectivity index (χ2v) is 11.5. The first-order valence-corrected chi connectivity index (χ1v) is 12.5. The van der Waals surface area contributed by atoms with Crippen LogP contribution in [0.2, 0.25) is 0 Å². The van der Waals surface area contributed by atoms with Crippen molar-refractivity contribution in [1.82, 2.24) is 0 Å². The van der Waals surface area contributed by atoms with Crippen LogP contribution in [0.3, 0.4) is 0 Å². The zero-order chi connectivity index (χ0) is 21.2. The Morgan fingerprint density at radius 3 is 2.55 bits per heavy atom. The normalized spacial score (nSPS) is 31.6. The van der Waals surface area contributed by atoms with Gasteiger partial charge >= 0.3 is 5.97 Å². The van der Waals surface area contributed by atoms with Gasteiger partial charge in [0.1, 0.15) is 0 Å². The van der Waals surface area contributed by atoms with Crippen LogP contribution in [0.1, 0.15) is 39.2 Å². The van der Waals surface area contributed by atoms with Crippen molar-refractivity contribution in [2.45, 2.75) is 50.7 Å². The van der Waals surface area contributed by atoms with Gasteiger partial charge in [0, 0.05) is 35.0 Å². The predicted molar refractivity (Wildman–Crippen MR) is 120 cm³/mol. The summed E-state index contributed by atoms with van der Waals surface area (Å²) in [4.78, 5) is 12.7. The van der Waals surface area contributed by atoms with E-state index in [0.717, 1.165) is 18.6 Å². The largest absolute Gasteiger partial charge is 0.466 e. The molecule has 2 fully saturated rings. The molecule has 4 nitrogen and oxygen atoms in total. The monoisotopic (exact) mass is 436 g/mol. The minimum atomic E-state index is -1.30. The maximum Gasteiger partial charge on any atom is 0.331 e. The number of benzene rings is 1. The number of hydrogen-bond donors (Lipinski definition) is 0. The maximum atomic E-state index is 13.8. The summed E-state index contributed by atoms with van der Waals surface area (Å²) in [5, 5.41) is -0.0954. The first kappa shape index (κ1) is 22.6. The van der Waals surface area contributed by atoms with Crippen molar-refractivity contribution in [2.24, 2.45) is 16.7 Å². The zero-order valence-electron chi connectivity index (χ0n) is 18.0. The van der Waals surface area contributed by atoms with Crippen molar-refractivity contribution < 1.29 is 18.5 Å². The van der Waals surface area contributed by atoms with Gasteiger partial charge in [-0.3, -0.25) is 4.21 Å². The fourth-order valence-electron chi connectivity index (χ4n) is 5.24. The molecule has 0 spiro atoms. The highest BCUT2D eigenvalue weighted by Gasteiger charge is 2.68. The Morgan fingerprint density at radius 2 is 1.93 bits per heavy atom. The molecule has 2 aliphatic carbocycles. The van der Waals surface area contributed by atoms with Crippen LogP contribution >= 0.6 is 11.8 Å². The average Bonchev–Trinajstić information content (AvgIpc) is 3.04. The summed E-state index contributed by atoms with van der Waals surface area (Å²) in [6.07, 6.45) is 3.51. The van der Waals surface area contributed by atoms with E-state index in [-0.39, 0.29) is 22.2 Å². The summed E-state index contributed by atoms with van der Waals surface area (Å²) in [6.45, 7) is 6.83. The molecule has 29 heavy (non-hydrogen) atoms. The van der Waals surface area contributed by atoms with Crippen LogP contribution in [-0.2, 0) is 30.8 Å². The van der Waals surface area contributed by atoms with Gasteiger partial charge in [-0.15, -0.1) is 0 Å². The fraction of sp³-hybridized carbons (Fsp3) is 0.609. The molecule has 0 amide bonds. The fourth-order valence-corrected chi connectivity index (χ4v) is 8.74. The second kappa shape index (κ2) is 8.94. The van der Waals surface area contributed by atoms with Gasteiger partial charge in [0.05, 0.1) is 29.3 Å². The molecular weight excluding hydrogens is 404 g/mol. The first-order chi connectivity index (χ1) is 13.8. The number of fused-ring (bicyclic) bond motifs is 2. The standard InChI is InChI=1S/C23H32O4S2/c1-22(2)18-11-12-23(22,3)21(27-5)20(18)29(25)17(13-19(24)26-4)15-28-14-16-9-7-6-8-10-16/h6-10,13,18,20-21H,11-12,14-15H2,1-5H3/b17-13+/t18?,20-,21-,23+,29?/m1/s1. The molecule has 1 aromatic carbocycles. The van der Waals surface area contributed by atoms with Crippen molar-refractivity contribution in [3.63, 3.8) is 0 Å². The third kappa shape index (κ3) is 4.08. The molecule has 2 aliphatic rings. The number of methoxy groups -OCH3 is 2. The number of ether oxygens (including phenoxy) is 2. The SMILES string of the molecule is COC(=O)/C=C(\CSCc1ccccc1)S(=O)[C@@H]1C2CC[C@@](C)([C@@H]1OC)C2(C)C. The molecule has 0 aromatic heterocycles. The molecular formula is C23H32O4S2. The highest BCUT2D eigenvalue weighted by Crippen LogP contribution is 2.67. The summed E-state index contributed by atoms with van der Waals surface area (Å²) in [6, 6.07) is 10.2. The van der Waals surface area contributed by atoms with Gasteiger partial charge in [-0.1, -0.05) is 51.1 Å². The number of esters is 1. The number of hydrogen-bond acceptors (Lipinski definition) is 5. The molecule has 0 N–H and O–H groups in total. The number of carbonyl (C=O) groups is 1. The van der Waals surface area contributed by atoms with E-state index in [0.29, 0.717) is 16.6 Å². The third-order valence-corrected chi connectivity index (χ3v) is 10.4. The topological polar surface area (TPSA) is 52.6 Å². The van der Waals surface area contributed by atoms with Crippen LogP contribution in [0.15, 0.2) is 41.3 Å². The minimum absolute atomic E-state index is 0.000298. The van der Waals surface area contributed by atoms with E-state index in [9.17, 15) is 9.00 Å². The molecule has 1 aromatic rings. The Balaban J connectivity index is 1.81. The van der Waals surface area contributed by atoms with Gasteiger partial charge in [0.15, 0.2) is 0 Å². The van der Waals surface area contributed by atoms with Crippen LogP contribution in [-0.4, -0.2) is 41.5 Å². The molecule has 3 rings (SSSR count). The zero-order valence-corrected chi connectivity index (χ0v) is 19.6. The lowest BCUT2D eigenvalue weighted by atomic mass is 9.70. The van der Waals surface area contributed by atoms with Crippen molar-refractivity contribution in [3.8, 4) is 0 Å². The highest BCUT2D eigenvalue weighted by molar-refractivity contribution is 8.00. The lowest BCUT2D eigenvalue weighted by Crippen LogP contribution is -2.43. The van der Waals surface area contributed by atoms with Crippen molar-refractivity contribution in [3.05, 3.63) is 46.9 Å². The summed E-state index contributed by atoms with van der Waals surface area (Å²) in [7, 11) is 1.78. The van der Waals surface area contributed by atoms with Crippen molar-refractivity contribution in [1.29, 1.82) is 0 Å². The molecule has 6 heteroatoms. The molecule has 0 saturated heterocycles. The Bertz CT molecular complexity index is 789. The molecule has 0 radical (unpaired) electrons.